The van der Waals surface area contributed by atoms with Crippen molar-refractivity contribution in [3.63, 3.8) is 0 Å². The van der Waals surface area contributed by atoms with E-state index in [1.54, 1.807) is 6.07 Å². The molecule has 0 aliphatic carbocycles. The summed E-state index contributed by atoms with van der Waals surface area (Å²) in [6, 6.07) is 13.4. The molecule has 1 unspecified atom stereocenters. The highest BCUT2D eigenvalue weighted by Crippen LogP contribution is 2.33. The molecule has 2 aromatic carbocycles. The smallest absolute Gasteiger partial charge is 0.157 e. The largest absolute Gasteiger partial charge is 0.504 e. The molecule has 0 fully saturated rings. The molecule has 0 aromatic heterocycles. The lowest BCUT2D eigenvalue weighted by molar-refractivity contribution is 0.402. The first-order valence-electron chi connectivity index (χ1n) is 6.09. The topological polar surface area (TPSA) is 52.5 Å². The van der Waals surface area contributed by atoms with E-state index in [4.69, 9.17) is 0 Å². The maximum atomic E-state index is 9.60. The second-order valence-corrected chi connectivity index (χ2v) is 4.58. The predicted octanol–water partition coefficient (Wildman–Crippen LogP) is 2.91. The number of aromatic hydroxyl groups is 2. The van der Waals surface area contributed by atoms with Crippen LogP contribution in [0.3, 0.4) is 0 Å². The van der Waals surface area contributed by atoms with Gasteiger partial charge in [0.1, 0.15) is 0 Å². The standard InChI is InChI=1S/C15H15NO2.BrH/c17-13-6-5-11(9-14(13)18)15-12-4-2-1-3-10(12)7-8-16-15;/h1-6,9,15-18H,7-8H2;1H. The summed E-state index contributed by atoms with van der Waals surface area (Å²) in [4.78, 5) is 0. The van der Waals surface area contributed by atoms with Gasteiger partial charge in [0.2, 0.25) is 0 Å². The van der Waals surface area contributed by atoms with Gasteiger partial charge in [-0.1, -0.05) is 30.3 Å². The van der Waals surface area contributed by atoms with Crippen molar-refractivity contribution in [3.8, 4) is 11.5 Å². The van der Waals surface area contributed by atoms with Gasteiger partial charge in [-0.05, 0) is 35.2 Å². The predicted molar refractivity (Wildman–Crippen MR) is 80.1 cm³/mol. The number of nitrogens with one attached hydrogen (secondary N) is 1. The maximum absolute atomic E-state index is 9.60. The highest BCUT2D eigenvalue weighted by Gasteiger charge is 2.21. The van der Waals surface area contributed by atoms with E-state index in [-0.39, 0.29) is 34.5 Å². The van der Waals surface area contributed by atoms with E-state index in [1.807, 2.05) is 12.1 Å². The average molecular weight is 322 g/mol. The van der Waals surface area contributed by atoms with Crippen molar-refractivity contribution in [1.29, 1.82) is 0 Å². The van der Waals surface area contributed by atoms with Crippen molar-refractivity contribution in [2.24, 2.45) is 0 Å². The summed E-state index contributed by atoms with van der Waals surface area (Å²) in [6.45, 7) is 0.920. The Balaban J connectivity index is 0.00000133. The highest BCUT2D eigenvalue weighted by atomic mass is 79.9. The third-order valence-corrected chi connectivity index (χ3v) is 3.44. The first-order chi connectivity index (χ1) is 8.75. The third-order valence-electron chi connectivity index (χ3n) is 3.44. The van der Waals surface area contributed by atoms with Crippen LogP contribution in [0, 0.1) is 0 Å². The molecule has 1 atom stereocenters. The Kier molecular flexibility index (Phi) is 4.12. The molecule has 0 bridgehead atoms. The number of halogens is 1. The SMILES string of the molecule is Br.Oc1ccc(C2NCCc3ccccc32)cc1O. The fraction of sp³-hybridized carbons (Fsp3) is 0.200. The van der Waals surface area contributed by atoms with Gasteiger partial charge in [0.25, 0.3) is 0 Å². The summed E-state index contributed by atoms with van der Waals surface area (Å²) >= 11 is 0. The molecule has 0 saturated carbocycles. The monoisotopic (exact) mass is 321 g/mol. The molecule has 19 heavy (non-hydrogen) atoms. The normalized spacial score (nSPS) is 17.4. The molecule has 3 rings (SSSR count). The number of hydrogen-bond donors (Lipinski definition) is 3. The number of fused-ring (bicyclic) bond motifs is 1. The van der Waals surface area contributed by atoms with Crippen LogP contribution < -0.4 is 5.32 Å². The fourth-order valence-electron chi connectivity index (χ4n) is 2.52. The van der Waals surface area contributed by atoms with Crippen LogP contribution in [0.2, 0.25) is 0 Å². The molecule has 0 amide bonds. The van der Waals surface area contributed by atoms with Crippen LogP contribution in [-0.4, -0.2) is 16.8 Å². The van der Waals surface area contributed by atoms with E-state index in [9.17, 15) is 10.2 Å². The molecule has 0 saturated heterocycles. The summed E-state index contributed by atoms with van der Waals surface area (Å²) in [5.41, 5.74) is 3.56. The van der Waals surface area contributed by atoms with Gasteiger partial charge in [0.15, 0.2) is 11.5 Å². The number of rotatable bonds is 1. The third kappa shape index (κ3) is 2.60. The molecular formula is C15H16BrNO2. The van der Waals surface area contributed by atoms with Crippen LogP contribution in [0.4, 0.5) is 0 Å². The Bertz CT molecular complexity index is 586. The van der Waals surface area contributed by atoms with E-state index >= 15 is 0 Å². The van der Waals surface area contributed by atoms with Gasteiger partial charge in [-0.3, -0.25) is 0 Å². The van der Waals surface area contributed by atoms with Gasteiger partial charge >= 0.3 is 0 Å². The minimum Gasteiger partial charge on any atom is -0.504 e. The van der Waals surface area contributed by atoms with Crippen molar-refractivity contribution in [2.75, 3.05) is 6.54 Å². The summed E-state index contributed by atoms with van der Waals surface area (Å²) in [5.74, 6) is -0.153. The lowest BCUT2D eigenvalue weighted by Crippen LogP contribution is -2.30. The van der Waals surface area contributed by atoms with Crippen molar-refractivity contribution in [1.82, 2.24) is 5.32 Å². The molecule has 3 nitrogen and oxygen atoms in total. The molecule has 3 N–H and O–H groups in total. The zero-order valence-corrected chi connectivity index (χ0v) is 12.0. The Morgan fingerprint density at radius 3 is 2.58 bits per heavy atom. The van der Waals surface area contributed by atoms with Crippen LogP contribution in [0.5, 0.6) is 11.5 Å². The first kappa shape index (κ1) is 13.9. The molecule has 4 heteroatoms. The average Bonchev–Trinajstić information content (AvgIpc) is 2.41. The lowest BCUT2D eigenvalue weighted by atomic mass is 9.90. The summed E-state index contributed by atoms with van der Waals surface area (Å²) < 4.78 is 0. The minimum absolute atomic E-state index is 0. The summed E-state index contributed by atoms with van der Waals surface area (Å²) in [7, 11) is 0. The second-order valence-electron chi connectivity index (χ2n) is 4.58. The van der Waals surface area contributed by atoms with Gasteiger partial charge < -0.3 is 15.5 Å². The molecule has 1 heterocycles. The van der Waals surface area contributed by atoms with Crippen LogP contribution >= 0.6 is 17.0 Å². The van der Waals surface area contributed by atoms with Gasteiger partial charge in [-0.15, -0.1) is 17.0 Å². The van der Waals surface area contributed by atoms with Gasteiger partial charge in [-0.2, -0.15) is 0 Å². The van der Waals surface area contributed by atoms with E-state index in [0.29, 0.717) is 0 Å². The number of benzene rings is 2. The van der Waals surface area contributed by atoms with Crippen molar-refractivity contribution in [2.45, 2.75) is 12.5 Å². The van der Waals surface area contributed by atoms with Crippen LogP contribution in [-0.2, 0) is 6.42 Å². The highest BCUT2D eigenvalue weighted by molar-refractivity contribution is 8.93. The van der Waals surface area contributed by atoms with E-state index in [1.165, 1.54) is 17.2 Å². The molecule has 0 spiro atoms. The van der Waals surface area contributed by atoms with Crippen LogP contribution in [0.1, 0.15) is 22.7 Å². The molecule has 100 valence electrons. The quantitative estimate of drug-likeness (QED) is 0.708. The van der Waals surface area contributed by atoms with Crippen molar-refractivity contribution < 1.29 is 10.2 Å². The molecule has 1 aliphatic heterocycles. The molecule has 1 aliphatic rings. The van der Waals surface area contributed by atoms with E-state index in [0.717, 1.165) is 18.5 Å². The Labute approximate surface area is 122 Å². The second kappa shape index (κ2) is 5.63. The van der Waals surface area contributed by atoms with Crippen molar-refractivity contribution in [3.05, 3.63) is 59.2 Å². The van der Waals surface area contributed by atoms with Crippen molar-refractivity contribution >= 4 is 17.0 Å². The number of hydrogen-bond acceptors (Lipinski definition) is 3. The number of phenols is 2. The van der Waals surface area contributed by atoms with Gasteiger partial charge in [0, 0.05) is 6.54 Å². The maximum Gasteiger partial charge on any atom is 0.157 e. The molecule has 2 aromatic rings. The summed E-state index contributed by atoms with van der Waals surface area (Å²) in [5, 5.41) is 22.4. The van der Waals surface area contributed by atoms with Gasteiger partial charge in [0.05, 0.1) is 6.04 Å². The Morgan fingerprint density at radius 1 is 1.00 bits per heavy atom. The number of phenolic OH excluding ortho intramolecular Hbond substituents is 2. The van der Waals surface area contributed by atoms with E-state index < -0.39 is 0 Å². The zero-order chi connectivity index (χ0) is 12.5. The van der Waals surface area contributed by atoms with Gasteiger partial charge in [-0.25, -0.2) is 0 Å². The minimum atomic E-state index is -0.0807. The zero-order valence-electron chi connectivity index (χ0n) is 10.3. The Morgan fingerprint density at radius 2 is 1.79 bits per heavy atom. The first-order valence-corrected chi connectivity index (χ1v) is 6.09. The van der Waals surface area contributed by atoms with E-state index in [2.05, 4.69) is 23.5 Å². The molecule has 0 radical (unpaired) electrons. The molecular weight excluding hydrogens is 306 g/mol. The van der Waals surface area contributed by atoms with Crippen LogP contribution in [0.15, 0.2) is 42.5 Å². The fourth-order valence-corrected chi connectivity index (χ4v) is 2.52. The summed E-state index contributed by atoms with van der Waals surface area (Å²) in [6.07, 6.45) is 1.02. The van der Waals surface area contributed by atoms with Crippen LogP contribution in [0.25, 0.3) is 0 Å². The lowest BCUT2D eigenvalue weighted by Gasteiger charge is -2.27. The Hall–Kier alpha value is -1.52.